The molecular weight excluding hydrogens is 553 g/mol. The number of hydrogen-bond acceptors (Lipinski definition) is 6. The quantitative estimate of drug-likeness (QED) is 0.304. The summed E-state index contributed by atoms with van der Waals surface area (Å²) in [5.41, 5.74) is 1.81. The highest BCUT2D eigenvalue weighted by molar-refractivity contribution is 14.1. The second-order valence-corrected chi connectivity index (χ2v) is 9.38. The molecule has 0 bridgehead atoms. The second kappa shape index (κ2) is 12.0. The lowest BCUT2D eigenvalue weighted by Gasteiger charge is -2.07. The zero-order chi connectivity index (χ0) is 23.8. The summed E-state index contributed by atoms with van der Waals surface area (Å²) in [7, 11) is 0. The number of aliphatic imine (C=N–C) groups is 1. The van der Waals surface area contributed by atoms with Gasteiger partial charge in [0, 0.05) is 9.99 Å². The number of benzene rings is 2. The van der Waals surface area contributed by atoms with E-state index >= 15 is 0 Å². The average Bonchev–Trinajstić information content (AvgIpc) is 3.09. The Morgan fingerprint density at radius 3 is 2.42 bits per heavy atom. The number of hydrogen-bond donors (Lipinski definition) is 1. The zero-order valence-electron chi connectivity index (χ0n) is 18.3. The van der Waals surface area contributed by atoms with E-state index in [1.54, 1.807) is 13.0 Å². The Hall–Kier alpha value is -2.59. The minimum absolute atomic E-state index is 0.0740. The van der Waals surface area contributed by atoms with E-state index in [0.717, 1.165) is 22.9 Å². The number of esters is 1. The molecule has 0 atom stereocenters. The first-order valence-electron chi connectivity index (χ1n) is 10.5. The van der Waals surface area contributed by atoms with Crippen molar-refractivity contribution in [3.05, 3.63) is 79.5 Å². The number of amides is 1. The Morgan fingerprint density at radius 1 is 1.09 bits per heavy atom. The van der Waals surface area contributed by atoms with E-state index in [-0.39, 0.29) is 35.3 Å². The van der Waals surface area contributed by atoms with Crippen LogP contribution in [0, 0.1) is 3.57 Å². The molecule has 0 aliphatic carbocycles. The van der Waals surface area contributed by atoms with Crippen LogP contribution in [0.4, 0.5) is 0 Å². The summed E-state index contributed by atoms with van der Waals surface area (Å²) in [6.07, 6.45) is 2.64. The fourth-order valence-electron chi connectivity index (χ4n) is 2.93. The number of carbonyl (C=O) groups excluding carboxylic acids is 2. The first-order chi connectivity index (χ1) is 15.9. The van der Waals surface area contributed by atoms with Crippen molar-refractivity contribution in [2.45, 2.75) is 33.3 Å². The Bertz CT molecular complexity index is 1100. The molecule has 1 aliphatic rings. The molecule has 172 valence electrons. The van der Waals surface area contributed by atoms with E-state index in [0.29, 0.717) is 23.7 Å². The first kappa shape index (κ1) is 25.0. The molecule has 8 heteroatoms. The van der Waals surface area contributed by atoms with Crippen molar-refractivity contribution >= 4 is 57.3 Å². The minimum Gasteiger partial charge on any atom is -0.506 e. The number of halogens is 1. The topological polar surface area (TPSA) is 85.2 Å². The number of aliphatic hydroxyl groups excluding tert-OH is 1. The van der Waals surface area contributed by atoms with E-state index in [1.807, 2.05) is 55.5 Å². The third kappa shape index (κ3) is 6.94. The molecule has 2 aromatic carbocycles. The van der Waals surface area contributed by atoms with Gasteiger partial charge in [0.05, 0.1) is 11.5 Å². The molecular formula is C25H24INO5S. The van der Waals surface area contributed by atoms with E-state index < -0.39 is 5.97 Å². The largest absolute Gasteiger partial charge is 0.506 e. The summed E-state index contributed by atoms with van der Waals surface area (Å²) in [4.78, 5) is 28.8. The van der Waals surface area contributed by atoms with Crippen LogP contribution in [0.5, 0.6) is 5.75 Å². The third-order valence-electron chi connectivity index (χ3n) is 4.56. The van der Waals surface area contributed by atoms with Crippen molar-refractivity contribution in [2.24, 2.45) is 4.99 Å². The SMILES string of the molecule is CCCC(=O)N=C1S/C(=C\c2ccc(OCc3ccc(I)cc3)cc2)C(O)=C1C(=O)OCC. The van der Waals surface area contributed by atoms with E-state index in [9.17, 15) is 14.7 Å². The van der Waals surface area contributed by atoms with Crippen LogP contribution in [0.15, 0.2) is 69.8 Å². The van der Waals surface area contributed by atoms with Gasteiger partial charge in [0.15, 0.2) is 0 Å². The summed E-state index contributed by atoms with van der Waals surface area (Å²) in [5, 5.41) is 10.8. The van der Waals surface area contributed by atoms with Crippen LogP contribution in [-0.2, 0) is 20.9 Å². The van der Waals surface area contributed by atoms with Crippen molar-refractivity contribution in [2.75, 3.05) is 6.61 Å². The number of aliphatic hydroxyl groups is 1. The van der Waals surface area contributed by atoms with Gasteiger partial charge in [0.25, 0.3) is 0 Å². The van der Waals surface area contributed by atoms with Gasteiger partial charge in [-0.15, -0.1) is 0 Å². The molecule has 0 unspecified atom stereocenters. The molecule has 33 heavy (non-hydrogen) atoms. The summed E-state index contributed by atoms with van der Waals surface area (Å²) < 4.78 is 12.0. The molecule has 1 heterocycles. The van der Waals surface area contributed by atoms with Gasteiger partial charge in [-0.25, -0.2) is 9.79 Å². The molecule has 0 radical (unpaired) electrons. The van der Waals surface area contributed by atoms with Gasteiger partial charge in [0.2, 0.25) is 5.91 Å². The number of nitrogens with zero attached hydrogens (tertiary/aromatic N) is 1. The summed E-state index contributed by atoms with van der Waals surface area (Å²) >= 11 is 3.34. The fraction of sp³-hybridized carbons (Fsp3) is 0.240. The van der Waals surface area contributed by atoms with Crippen molar-refractivity contribution < 1.29 is 24.2 Å². The van der Waals surface area contributed by atoms with Gasteiger partial charge in [-0.1, -0.05) is 43.0 Å². The molecule has 1 amide bonds. The van der Waals surface area contributed by atoms with Crippen molar-refractivity contribution in [3.63, 3.8) is 0 Å². The van der Waals surface area contributed by atoms with Crippen LogP contribution in [-0.4, -0.2) is 28.6 Å². The zero-order valence-corrected chi connectivity index (χ0v) is 21.3. The maximum atomic E-state index is 12.4. The Balaban J connectivity index is 1.77. The highest BCUT2D eigenvalue weighted by Gasteiger charge is 2.33. The van der Waals surface area contributed by atoms with Crippen LogP contribution < -0.4 is 4.74 Å². The van der Waals surface area contributed by atoms with Crippen molar-refractivity contribution in [3.8, 4) is 5.75 Å². The van der Waals surface area contributed by atoms with Gasteiger partial charge in [-0.05, 0) is 77.4 Å². The van der Waals surface area contributed by atoms with Gasteiger partial charge < -0.3 is 14.6 Å². The molecule has 0 saturated heterocycles. The predicted molar refractivity (Wildman–Crippen MR) is 139 cm³/mol. The van der Waals surface area contributed by atoms with Crippen LogP contribution in [0.2, 0.25) is 0 Å². The molecule has 0 fully saturated rings. The average molecular weight is 577 g/mol. The normalized spacial score (nSPS) is 15.8. The highest BCUT2D eigenvalue weighted by Crippen LogP contribution is 2.39. The van der Waals surface area contributed by atoms with Gasteiger partial charge in [-0.2, -0.15) is 0 Å². The van der Waals surface area contributed by atoms with E-state index in [2.05, 4.69) is 27.6 Å². The maximum absolute atomic E-state index is 12.4. The van der Waals surface area contributed by atoms with Crippen molar-refractivity contribution in [1.29, 1.82) is 0 Å². The molecule has 0 saturated carbocycles. The number of rotatable bonds is 8. The Labute approximate surface area is 210 Å². The monoisotopic (exact) mass is 577 g/mol. The summed E-state index contributed by atoms with van der Waals surface area (Å²) in [5.74, 6) is -0.562. The first-order valence-corrected chi connectivity index (χ1v) is 12.4. The third-order valence-corrected chi connectivity index (χ3v) is 6.30. The molecule has 0 aromatic heterocycles. The number of thioether (sulfide) groups is 1. The number of carbonyl (C=O) groups is 2. The van der Waals surface area contributed by atoms with Gasteiger partial charge >= 0.3 is 5.97 Å². The maximum Gasteiger partial charge on any atom is 0.344 e. The molecule has 1 aliphatic heterocycles. The van der Waals surface area contributed by atoms with Gasteiger partial charge in [-0.3, -0.25) is 4.79 Å². The summed E-state index contributed by atoms with van der Waals surface area (Å²) in [6.45, 7) is 4.17. The predicted octanol–water partition coefficient (Wildman–Crippen LogP) is 6.06. The van der Waals surface area contributed by atoms with E-state index in [1.165, 1.54) is 3.57 Å². The Morgan fingerprint density at radius 2 is 1.79 bits per heavy atom. The molecule has 6 nitrogen and oxygen atoms in total. The minimum atomic E-state index is -0.701. The van der Waals surface area contributed by atoms with Crippen LogP contribution in [0.25, 0.3) is 6.08 Å². The molecule has 3 rings (SSSR count). The molecule has 0 spiro atoms. The number of ether oxygens (including phenoxy) is 2. The summed E-state index contributed by atoms with van der Waals surface area (Å²) in [6, 6.07) is 15.5. The lowest BCUT2D eigenvalue weighted by Crippen LogP contribution is -2.14. The molecule has 2 aromatic rings. The highest BCUT2D eigenvalue weighted by atomic mass is 127. The van der Waals surface area contributed by atoms with Crippen molar-refractivity contribution in [1.82, 2.24) is 0 Å². The smallest absolute Gasteiger partial charge is 0.344 e. The van der Waals surface area contributed by atoms with Gasteiger partial charge in [0.1, 0.15) is 28.7 Å². The van der Waals surface area contributed by atoms with E-state index in [4.69, 9.17) is 9.47 Å². The lowest BCUT2D eigenvalue weighted by molar-refractivity contribution is -0.138. The second-order valence-electron chi connectivity index (χ2n) is 7.10. The molecule has 1 N–H and O–H groups in total. The Kier molecular flexibility index (Phi) is 9.13. The standard InChI is InChI=1S/C25H24INO5S/c1-3-5-21(28)27-24-22(25(30)31-4-2)23(29)20(33-24)14-16-8-12-19(13-9-16)32-15-17-6-10-18(26)11-7-17/h6-14,29H,3-5,15H2,1-2H3/b20-14-,27-24?. The van der Waals surface area contributed by atoms with Crippen LogP contribution >= 0.6 is 34.4 Å². The van der Waals surface area contributed by atoms with Crippen LogP contribution in [0.1, 0.15) is 37.8 Å². The fourth-order valence-corrected chi connectivity index (χ4v) is 4.32. The lowest BCUT2D eigenvalue weighted by atomic mass is 10.1. The van der Waals surface area contributed by atoms with Crippen LogP contribution in [0.3, 0.4) is 0 Å².